The van der Waals surface area contributed by atoms with E-state index < -0.39 is 0 Å². The van der Waals surface area contributed by atoms with Crippen molar-refractivity contribution >= 4 is 11.8 Å². The van der Waals surface area contributed by atoms with Gasteiger partial charge in [0.1, 0.15) is 5.69 Å². The standard InChI is InChI=1S/C18H28N4O2/c1-13-4-8-21(9-5-13)17(23)15-12-16(20(3)19-15)18(24)22-10-6-14(2)7-11-22/h12-14H,4-11H2,1-3H3. The van der Waals surface area contributed by atoms with Crippen LogP contribution in [0.25, 0.3) is 0 Å². The van der Waals surface area contributed by atoms with E-state index in [0.29, 0.717) is 23.2 Å². The Morgan fingerprint density at radius 1 is 0.917 bits per heavy atom. The monoisotopic (exact) mass is 332 g/mol. The third-order valence-electron chi connectivity index (χ3n) is 5.46. The molecule has 24 heavy (non-hydrogen) atoms. The van der Waals surface area contributed by atoms with Gasteiger partial charge in [0.2, 0.25) is 0 Å². The van der Waals surface area contributed by atoms with Gasteiger partial charge in [-0.1, -0.05) is 13.8 Å². The number of amides is 2. The van der Waals surface area contributed by atoms with Gasteiger partial charge in [-0.2, -0.15) is 5.10 Å². The van der Waals surface area contributed by atoms with Crippen molar-refractivity contribution in [3.8, 4) is 0 Å². The molecule has 2 fully saturated rings. The summed E-state index contributed by atoms with van der Waals surface area (Å²) in [5.41, 5.74) is 0.902. The van der Waals surface area contributed by atoms with Crippen LogP contribution in [0.15, 0.2) is 6.07 Å². The van der Waals surface area contributed by atoms with Gasteiger partial charge in [0.25, 0.3) is 11.8 Å². The first-order chi connectivity index (χ1) is 11.5. The van der Waals surface area contributed by atoms with Crippen LogP contribution in [0.2, 0.25) is 0 Å². The lowest BCUT2D eigenvalue weighted by atomic mass is 9.99. The molecule has 0 spiro atoms. The van der Waals surface area contributed by atoms with Gasteiger partial charge in [-0.15, -0.1) is 0 Å². The first kappa shape index (κ1) is 17.0. The number of carbonyl (C=O) groups is 2. The van der Waals surface area contributed by atoms with Gasteiger partial charge >= 0.3 is 0 Å². The summed E-state index contributed by atoms with van der Waals surface area (Å²) in [5.74, 6) is 1.29. The predicted octanol–water partition coefficient (Wildman–Crippen LogP) is 2.16. The topological polar surface area (TPSA) is 58.4 Å². The van der Waals surface area contributed by atoms with E-state index in [1.54, 1.807) is 17.8 Å². The zero-order valence-electron chi connectivity index (χ0n) is 15.0. The van der Waals surface area contributed by atoms with Gasteiger partial charge in [-0.25, -0.2) is 0 Å². The molecule has 0 aromatic carbocycles. The molecular weight excluding hydrogens is 304 g/mol. The van der Waals surface area contributed by atoms with E-state index in [0.717, 1.165) is 51.9 Å². The van der Waals surface area contributed by atoms with Crippen LogP contribution < -0.4 is 0 Å². The van der Waals surface area contributed by atoms with E-state index in [2.05, 4.69) is 18.9 Å². The molecular formula is C18H28N4O2. The molecule has 3 heterocycles. The second-order valence-electron chi connectivity index (χ2n) is 7.49. The Hall–Kier alpha value is -1.85. The van der Waals surface area contributed by atoms with Crippen molar-refractivity contribution in [2.45, 2.75) is 39.5 Å². The third-order valence-corrected chi connectivity index (χ3v) is 5.46. The van der Waals surface area contributed by atoms with E-state index in [4.69, 9.17) is 0 Å². The Morgan fingerprint density at radius 3 is 1.88 bits per heavy atom. The van der Waals surface area contributed by atoms with Crippen molar-refractivity contribution < 1.29 is 9.59 Å². The van der Waals surface area contributed by atoms with Crippen LogP contribution >= 0.6 is 0 Å². The van der Waals surface area contributed by atoms with Crippen molar-refractivity contribution in [2.24, 2.45) is 18.9 Å². The van der Waals surface area contributed by atoms with Gasteiger partial charge in [0.15, 0.2) is 5.69 Å². The van der Waals surface area contributed by atoms with Gasteiger partial charge < -0.3 is 9.80 Å². The number of likely N-dealkylation sites (tertiary alicyclic amines) is 2. The second kappa shape index (κ2) is 6.95. The number of hydrogen-bond acceptors (Lipinski definition) is 3. The Bertz CT molecular complexity index is 609. The maximum atomic E-state index is 12.7. The van der Waals surface area contributed by atoms with Crippen molar-refractivity contribution in [1.29, 1.82) is 0 Å². The Labute approximate surface area is 143 Å². The molecule has 0 unspecified atom stereocenters. The Balaban J connectivity index is 1.70. The average Bonchev–Trinajstić information content (AvgIpc) is 2.97. The first-order valence-corrected chi connectivity index (χ1v) is 9.08. The van der Waals surface area contributed by atoms with E-state index in [9.17, 15) is 9.59 Å². The van der Waals surface area contributed by atoms with E-state index >= 15 is 0 Å². The minimum absolute atomic E-state index is 0.0109. The van der Waals surface area contributed by atoms with Crippen molar-refractivity contribution in [3.05, 3.63) is 17.5 Å². The summed E-state index contributed by atoms with van der Waals surface area (Å²) in [7, 11) is 1.74. The number of carbonyl (C=O) groups excluding carboxylic acids is 2. The fourth-order valence-electron chi connectivity index (χ4n) is 3.52. The summed E-state index contributed by atoms with van der Waals surface area (Å²) >= 11 is 0. The van der Waals surface area contributed by atoms with E-state index in [-0.39, 0.29) is 11.8 Å². The van der Waals surface area contributed by atoms with Crippen LogP contribution in [0.3, 0.4) is 0 Å². The zero-order valence-corrected chi connectivity index (χ0v) is 15.0. The summed E-state index contributed by atoms with van der Waals surface area (Å²) < 4.78 is 1.56. The number of aryl methyl sites for hydroxylation is 1. The number of rotatable bonds is 2. The third kappa shape index (κ3) is 3.47. The van der Waals surface area contributed by atoms with Crippen molar-refractivity contribution in [3.63, 3.8) is 0 Å². The maximum absolute atomic E-state index is 12.7. The first-order valence-electron chi connectivity index (χ1n) is 9.08. The smallest absolute Gasteiger partial charge is 0.274 e. The highest BCUT2D eigenvalue weighted by Gasteiger charge is 2.28. The molecule has 0 atom stereocenters. The lowest BCUT2D eigenvalue weighted by Gasteiger charge is -2.30. The van der Waals surface area contributed by atoms with Crippen LogP contribution in [0.5, 0.6) is 0 Å². The largest absolute Gasteiger partial charge is 0.337 e. The minimum Gasteiger partial charge on any atom is -0.337 e. The molecule has 2 aliphatic heterocycles. The van der Waals surface area contributed by atoms with Crippen LogP contribution in [0.4, 0.5) is 0 Å². The molecule has 1 aromatic heterocycles. The zero-order chi connectivity index (χ0) is 17.3. The van der Waals surface area contributed by atoms with Gasteiger partial charge in [0, 0.05) is 39.3 Å². The van der Waals surface area contributed by atoms with Crippen molar-refractivity contribution in [2.75, 3.05) is 26.2 Å². The summed E-state index contributed by atoms with van der Waals surface area (Å²) in [6, 6.07) is 1.67. The van der Waals surface area contributed by atoms with Crippen molar-refractivity contribution in [1.82, 2.24) is 19.6 Å². The van der Waals surface area contributed by atoms with Crippen LogP contribution in [0, 0.1) is 11.8 Å². The average molecular weight is 332 g/mol. The molecule has 0 radical (unpaired) electrons. The molecule has 2 aliphatic rings. The molecule has 1 aromatic rings. The molecule has 0 saturated carbocycles. The molecule has 3 rings (SSSR count). The molecule has 6 nitrogen and oxygen atoms in total. The van der Waals surface area contributed by atoms with Crippen LogP contribution in [-0.4, -0.2) is 57.6 Å². The maximum Gasteiger partial charge on any atom is 0.274 e. The summed E-state index contributed by atoms with van der Waals surface area (Å²) in [6.45, 7) is 7.59. The highest BCUT2D eigenvalue weighted by atomic mass is 16.2. The molecule has 2 amide bonds. The van der Waals surface area contributed by atoms with Gasteiger partial charge in [0.05, 0.1) is 0 Å². The number of hydrogen-bond donors (Lipinski definition) is 0. The fraction of sp³-hybridized carbons (Fsp3) is 0.722. The van der Waals surface area contributed by atoms with E-state index in [1.807, 2.05) is 9.80 Å². The fourth-order valence-corrected chi connectivity index (χ4v) is 3.52. The van der Waals surface area contributed by atoms with E-state index in [1.165, 1.54) is 0 Å². The number of nitrogens with zero attached hydrogens (tertiary/aromatic N) is 4. The summed E-state index contributed by atoms with van der Waals surface area (Å²) in [5, 5.41) is 4.31. The molecule has 132 valence electrons. The lowest BCUT2D eigenvalue weighted by Crippen LogP contribution is -2.38. The lowest BCUT2D eigenvalue weighted by molar-refractivity contribution is 0.0681. The molecule has 0 aliphatic carbocycles. The molecule has 2 saturated heterocycles. The second-order valence-corrected chi connectivity index (χ2v) is 7.49. The Kier molecular flexibility index (Phi) is 4.92. The van der Waals surface area contributed by atoms with Gasteiger partial charge in [-0.3, -0.25) is 14.3 Å². The SMILES string of the molecule is CC1CCN(C(=O)c2cc(C(=O)N3CCC(C)CC3)n(C)n2)CC1. The molecule has 0 N–H and O–H groups in total. The number of piperidine rings is 2. The molecule has 6 heteroatoms. The summed E-state index contributed by atoms with van der Waals surface area (Å²) in [6.07, 6.45) is 4.16. The summed E-state index contributed by atoms with van der Waals surface area (Å²) in [4.78, 5) is 29.1. The van der Waals surface area contributed by atoms with Crippen LogP contribution in [-0.2, 0) is 7.05 Å². The highest BCUT2D eigenvalue weighted by Crippen LogP contribution is 2.20. The predicted molar refractivity (Wildman–Crippen MR) is 91.8 cm³/mol. The highest BCUT2D eigenvalue weighted by molar-refractivity contribution is 5.98. The minimum atomic E-state index is -0.0520. The van der Waals surface area contributed by atoms with Crippen LogP contribution in [0.1, 0.15) is 60.5 Å². The normalized spacial score (nSPS) is 20.5. The quantitative estimate of drug-likeness (QED) is 0.834. The molecule has 0 bridgehead atoms. The number of aromatic nitrogens is 2. The van der Waals surface area contributed by atoms with Gasteiger partial charge in [-0.05, 0) is 37.5 Å². The Morgan fingerprint density at radius 2 is 1.38 bits per heavy atom.